The van der Waals surface area contributed by atoms with Gasteiger partial charge in [-0.25, -0.2) is 9.18 Å². The average molecular weight is 275 g/mol. The summed E-state index contributed by atoms with van der Waals surface area (Å²) in [5.74, 6) is -1.23. The molecule has 6 heteroatoms. The lowest BCUT2D eigenvalue weighted by atomic mass is 10.1. The van der Waals surface area contributed by atoms with Gasteiger partial charge in [0, 0.05) is 16.2 Å². The van der Waals surface area contributed by atoms with Gasteiger partial charge in [-0.2, -0.15) is 0 Å². The third-order valence-corrected chi connectivity index (χ3v) is 3.74. The number of carbonyl (C=O) groups excluding carboxylic acids is 1. The SMILES string of the molecule is COC(=O)C1=C(O)c2cc(F)c(Cl)cc2SC1. The van der Waals surface area contributed by atoms with Crippen molar-refractivity contribution in [2.24, 2.45) is 0 Å². The van der Waals surface area contributed by atoms with Crippen LogP contribution in [-0.2, 0) is 9.53 Å². The van der Waals surface area contributed by atoms with Crippen LogP contribution in [0.25, 0.3) is 5.76 Å². The van der Waals surface area contributed by atoms with E-state index in [1.165, 1.54) is 24.9 Å². The van der Waals surface area contributed by atoms with Crippen molar-refractivity contribution in [2.75, 3.05) is 12.9 Å². The number of fused-ring (bicyclic) bond motifs is 1. The number of carbonyl (C=O) groups is 1. The van der Waals surface area contributed by atoms with E-state index >= 15 is 0 Å². The zero-order valence-electron chi connectivity index (χ0n) is 8.79. The van der Waals surface area contributed by atoms with Crippen LogP contribution in [0.5, 0.6) is 0 Å². The zero-order chi connectivity index (χ0) is 12.6. The van der Waals surface area contributed by atoms with Crippen LogP contribution in [0, 0.1) is 5.82 Å². The summed E-state index contributed by atoms with van der Waals surface area (Å²) < 4.78 is 17.8. The molecule has 1 aliphatic heterocycles. The number of aliphatic hydroxyl groups excluding tert-OH is 1. The van der Waals surface area contributed by atoms with E-state index in [0.29, 0.717) is 4.90 Å². The van der Waals surface area contributed by atoms with Crippen molar-refractivity contribution in [3.8, 4) is 0 Å². The highest BCUT2D eigenvalue weighted by Crippen LogP contribution is 2.38. The minimum Gasteiger partial charge on any atom is -0.507 e. The van der Waals surface area contributed by atoms with Gasteiger partial charge in [-0.3, -0.25) is 0 Å². The summed E-state index contributed by atoms with van der Waals surface area (Å²) in [6.07, 6.45) is 0. The Morgan fingerprint density at radius 2 is 2.29 bits per heavy atom. The molecular weight excluding hydrogens is 267 g/mol. The van der Waals surface area contributed by atoms with Gasteiger partial charge in [0.1, 0.15) is 11.6 Å². The Hall–Kier alpha value is -1.20. The Labute approximate surface area is 106 Å². The van der Waals surface area contributed by atoms with Crippen molar-refractivity contribution in [2.45, 2.75) is 4.90 Å². The van der Waals surface area contributed by atoms with Gasteiger partial charge < -0.3 is 9.84 Å². The number of ether oxygens (including phenoxy) is 1. The molecule has 0 bridgehead atoms. The molecule has 1 N–H and O–H groups in total. The molecule has 1 aromatic carbocycles. The standard InChI is InChI=1S/C11H8ClFO3S/c1-16-11(15)6-4-17-9-3-7(12)8(13)2-5(9)10(6)14/h2-3,14H,4H2,1H3. The van der Waals surface area contributed by atoms with Crippen LogP contribution in [0.1, 0.15) is 5.56 Å². The van der Waals surface area contributed by atoms with Gasteiger partial charge in [-0.05, 0) is 12.1 Å². The molecule has 90 valence electrons. The lowest BCUT2D eigenvalue weighted by Crippen LogP contribution is -2.13. The fourth-order valence-corrected chi connectivity index (χ4v) is 2.79. The average Bonchev–Trinajstić information content (AvgIpc) is 2.31. The first-order valence-corrected chi connectivity index (χ1v) is 6.03. The lowest BCUT2D eigenvalue weighted by molar-refractivity contribution is -0.136. The summed E-state index contributed by atoms with van der Waals surface area (Å²) >= 11 is 6.94. The normalized spacial score (nSPS) is 14.5. The van der Waals surface area contributed by atoms with Crippen molar-refractivity contribution in [1.29, 1.82) is 0 Å². The molecule has 1 aromatic rings. The van der Waals surface area contributed by atoms with Gasteiger partial charge in [0.2, 0.25) is 0 Å². The molecule has 17 heavy (non-hydrogen) atoms. The third kappa shape index (κ3) is 2.12. The zero-order valence-corrected chi connectivity index (χ0v) is 10.4. The van der Waals surface area contributed by atoms with E-state index in [4.69, 9.17) is 11.6 Å². The molecule has 0 unspecified atom stereocenters. The van der Waals surface area contributed by atoms with Crippen LogP contribution in [0.4, 0.5) is 4.39 Å². The van der Waals surface area contributed by atoms with E-state index in [2.05, 4.69) is 4.74 Å². The first-order chi connectivity index (χ1) is 8.04. The number of thioether (sulfide) groups is 1. The minimum atomic E-state index is -0.635. The second-order valence-corrected chi connectivity index (χ2v) is 4.79. The molecule has 2 rings (SSSR count). The van der Waals surface area contributed by atoms with Crippen LogP contribution < -0.4 is 0 Å². The molecule has 0 spiro atoms. The first-order valence-electron chi connectivity index (χ1n) is 4.67. The van der Waals surface area contributed by atoms with Gasteiger partial charge in [0.15, 0.2) is 0 Å². The van der Waals surface area contributed by atoms with Crippen molar-refractivity contribution in [3.05, 3.63) is 34.1 Å². The summed E-state index contributed by atoms with van der Waals surface area (Å²) in [5, 5.41) is 9.88. The van der Waals surface area contributed by atoms with Gasteiger partial charge >= 0.3 is 5.97 Å². The summed E-state index contributed by atoms with van der Waals surface area (Å²) in [4.78, 5) is 12.0. The Morgan fingerprint density at radius 3 is 2.94 bits per heavy atom. The molecule has 0 amide bonds. The van der Waals surface area contributed by atoms with Crippen LogP contribution in [0.3, 0.4) is 0 Å². The van der Waals surface area contributed by atoms with E-state index in [0.717, 1.165) is 6.07 Å². The maximum atomic E-state index is 13.3. The van der Waals surface area contributed by atoms with Crippen LogP contribution >= 0.6 is 23.4 Å². The van der Waals surface area contributed by atoms with Gasteiger partial charge in [0.05, 0.1) is 17.7 Å². The maximum Gasteiger partial charge on any atom is 0.338 e. The molecule has 0 saturated heterocycles. The predicted octanol–water partition coefficient (Wildman–Crippen LogP) is 3.03. The summed E-state index contributed by atoms with van der Waals surface area (Å²) in [5.41, 5.74) is 0.398. The number of aliphatic hydroxyl groups is 1. The molecule has 1 heterocycles. The molecule has 0 fully saturated rings. The number of halogens is 2. The van der Waals surface area contributed by atoms with Gasteiger partial charge in [0.25, 0.3) is 0 Å². The minimum absolute atomic E-state index is 0.00873. The van der Waals surface area contributed by atoms with Crippen LogP contribution in [0.15, 0.2) is 22.6 Å². The van der Waals surface area contributed by atoms with E-state index in [1.807, 2.05) is 0 Å². The number of hydrogen-bond acceptors (Lipinski definition) is 4. The first kappa shape index (κ1) is 12.3. The molecular formula is C11H8ClFO3S. The highest BCUT2D eigenvalue weighted by atomic mass is 35.5. The monoisotopic (exact) mass is 274 g/mol. The van der Waals surface area contributed by atoms with E-state index in [9.17, 15) is 14.3 Å². The Kier molecular flexibility index (Phi) is 3.31. The van der Waals surface area contributed by atoms with Gasteiger partial charge in [-0.1, -0.05) is 11.6 Å². The van der Waals surface area contributed by atoms with Crippen molar-refractivity contribution >= 4 is 35.1 Å². The van der Waals surface area contributed by atoms with Crippen molar-refractivity contribution in [1.82, 2.24) is 0 Å². The topological polar surface area (TPSA) is 46.5 Å². The van der Waals surface area contributed by atoms with E-state index < -0.39 is 11.8 Å². The number of esters is 1. The third-order valence-electron chi connectivity index (χ3n) is 2.37. The predicted molar refractivity (Wildman–Crippen MR) is 63.7 cm³/mol. The van der Waals surface area contributed by atoms with Crippen molar-refractivity contribution in [3.63, 3.8) is 0 Å². The Bertz CT molecular complexity index is 528. The van der Waals surface area contributed by atoms with Gasteiger partial charge in [-0.15, -0.1) is 11.8 Å². The van der Waals surface area contributed by atoms with Crippen LogP contribution in [-0.4, -0.2) is 23.9 Å². The number of rotatable bonds is 1. The highest BCUT2D eigenvalue weighted by molar-refractivity contribution is 7.99. The van der Waals surface area contributed by atoms with E-state index in [1.54, 1.807) is 0 Å². The highest BCUT2D eigenvalue weighted by Gasteiger charge is 2.25. The molecule has 1 aliphatic rings. The number of methoxy groups -OCH3 is 1. The molecule has 0 saturated carbocycles. The molecule has 0 aromatic heterocycles. The second-order valence-electron chi connectivity index (χ2n) is 3.37. The maximum absolute atomic E-state index is 13.3. The second kappa shape index (κ2) is 4.58. The van der Waals surface area contributed by atoms with E-state index in [-0.39, 0.29) is 27.7 Å². The summed E-state index contributed by atoms with van der Waals surface area (Å²) in [7, 11) is 1.23. The summed E-state index contributed by atoms with van der Waals surface area (Å²) in [6.45, 7) is 0. The summed E-state index contributed by atoms with van der Waals surface area (Å²) in [6, 6.07) is 2.54. The molecule has 0 atom stereocenters. The van der Waals surface area contributed by atoms with Crippen LogP contribution in [0.2, 0.25) is 5.02 Å². The fourth-order valence-electron chi connectivity index (χ4n) is 1.49. The largest absolute Gasteiger partial charge is 0.507 e. The Morgan fingerprint density at radius 1 is 1.59 bits per heavy atom. The Balaban J connectivity index is 2.56. The number of benzene rings is 1. The smallest absolute Gasteiger partial charge is 0.338 e. The fraction of sp³-hybridized carbons (Fsp3) is 0.182. The molecule has 0 radical (unpaired) electrons. The molecule has 3 nitrogen and oxygen atoms in total. The quantitative estimate of drug-likeness (QED) is 0.800. The number of hydrogen-bond donors (Lipinski definition) is 1. The molecule has 0 aliphatic carbocycles. The van der Waals surface area contributed by atoms with Crippen molar-refractivity contribution < 1.29 is 19.0 Å². The lowest BCUT2D eigenvalue weighted by Gasteiger charge is -2.18.